The zero-order valence-electron chi connectivity index (χ0n) is 17.1. The maximum absolute atomic E-state index is 12.3. The highest BCUT2D eigenvalue weighted by Crippen LogP contribution is 2.30. The molecule has 1 aromatic heterocycles. The summed E-state index contributed by atoms with van der Waals surface area (Å²) >= 11 is 4.77. The first-order valence-corrected chi connectivity index (χ1v) is 11.3. The highest BCUT2D eigenvalue weighted by atomic mass is 79.9. The first-order valence-electron chi connectivity index (χ1n) is 9.64. The lowest BCUT2D eigenvalue weighted by atomic mass is 10.1. The molecule has 1 heterocycles. The number of nitrogens with one attached hydrogen (secondary N) is 1. The monoisotopic (exact) mass is 490 g/mol. The normalized spacial score (nSPS) is 10.8. The molecule has 0 aliphatic heterocycles. The molecule has 0 saturated heterocycles. The van der Waals surface area contributed by atoms with E-state index in [-0.39, 0.29) is 18.5 Å². The second kappa shape index (κ2) is 10.0. The number of thiazole rings is 1. The van der Waals surface area contributed by atoms with Crippen LogP contribution in [0.25, 0.3) is 10.2 Å². The minimum atomic E-state index is -0.350. The van der Waals surface area contributed by atoms with Gasteiger partial charge in [0.25, 0.3) is 5.91 Å². The summed E-state index contributed by atoms with van der Waals surface area (Å²) in [5, 5.41) is 3.21. The Morgan fingerprint density at radius 1 is 1.20 bits per heavy atom. The van der Waals surface area contributed by atoms with Gasteiger partial charge in [0.1, 0.15) is 5.75 Å². The lowest BCUT2D eigenvalue weighted by Gasteiger charge is -2.11. The van der Waals surface area contributed by atoms with E-state index in [1.54, 1.807) is 18.2 Å². The molecule has 8 heteroatoms. The molecule has 30 heavy (non-hydrogen) atoms. The molecule has 1 N–H and O–H groups in total. The van der Waals surface area contributed by atoms with Crippen molar-refractivity contribution < 1.29 is 19.1 Å². The molecule has 3 rings (SSSR count). The van der Waals surface area contributed by atoms with Crippen LogP contribution in [0.2, 0.25) is 0 Å². The number of rotatable bonds is 8. The van der Waals surface area contributed by atoms with Crippen LogP contribution in [0.1, 0.15) is 41.3 Å². The first kappa shape index (κ1) is 22.2. The van der Waals surface area contributed by atoms with Crippen molar-refractivity contribution in [3.8, 4) is 5.75 Å². The third-order valence-electron chi connectivity index (χ3n) is 4.32. The van der Waals surface area contributed by atoms with E-state index in [1.165, 1.54) is 11.3 Å². The van der Waals surface area contributed by atoms with Gasteiger partial charge in [-0.1, -0.05) is 30.7 Å². The van der Waals surface area contributed by atoms with Gasteiger partial charge in [0.05, 0.1) is 26.9 Å². The molecule has 3 aromatic rings. The average Bonchev–Trinajstić information content (AvgIpc) is 3.08. The van der Waals surface area contributed by atoms with E-state index >= 15 is 0 Å². The summed E-state index contributed by atoms with van der Waals surface area (Å²) in [6, 6.07) is 9.11. The Kier molecular flexibility index (Phi) is 7.44. The highest BCUT2D eigenvalue weighted by molar-refractivity contribution is 9.10. The fourth-order valence-corrected chi connectivity index (χ4v) is 4.59. The molecule has 0 unspecified atom stereocenters. The molecule has 0 spiro atoms. The number of anilines is 1. The van der Waals surface area contributed by atoms with Gasteiger partial charge in [0.2, 0.25) is 0 Å². The Hall–Kier alpha value is -2.45. The molecular weight excluding hydrogens is 468 g/mol. The number of ether oxygens (including phenoxy) is 2. The van der Waals surface area contributed by atoms with Crippen molar-refractivity contribution in [1.82, 2.24) is 4.98 Å². The van der Waals surface area contributed by atoms with Crippen molar-refractivity contribution in [2.24, 2.45) is 0 Å². The number of nitrogens with zero attached hydrogens (tertiary/aromatic N) is 1. The lowest BCUT2D eigenvalue weighted by Crippen LogP contribution is -2.20. The van der Waals surface area contributed by atoms with Gasteiger partial charge in [-0.15, -0.1) is 0 Å². The van der Waals surface area contributed by atoms with Crippen LogP contribution < -0.4 is 10.1 Å². The molecule has 0 saturated carbocycles. The molecule has 2 aromatic carbocycles. The molecule has 0 aliphatic rings. The maximum atomic E-state index is 12.3. The van der Waals surface area contributed by atoms with Crippen LogP contribution >= 0.6 is 27.3 Å². The molecule has 0 bridgehead atoms. The van der Waals surface area contributed by atoms with Crippen molar-refractivity contribution in [3.63, 3.8) is 0 Å². The summed E-state index contributed by atoms with van der Waals surface area (Å²) in [5.74, 6) is -0.0109. The number of benzene rings is 2. The summed E-state index contributed by atoms with van der Waals surface area (Å²) in [6.07, 6.45) is 1.81. The van der Waals surface area contributed by atoms with Crippen LogP contribution in [0.5, 0.6) is 5.75 Å². The van der Waals surface area contributed by atoms with E-state index in [9.17, 15) is 9.59 Å². The summed E-state index contributed by atoms with van der Waals surface area (Å²) in [4.78, 5) is 28.8. The molecule has 6 nitrogen and oxygen atoms in total. The third kappa shape index (κ3) is 5.58. The average molecular weight is 491 g/mol. The number of amides is 1. The Morgan fingerprint density at radius 2 is 2.00 bits per heavy atom. The number of unbranched alkanes of at least 4 members (excludes halogenated alkanes) is 1. The van der Waals surface area contributed by atoms with E-state index in [0.717, 1.165) is 33.1 Å². The fraction of sp³-hybridized carbons (Fsp3) is 0.318. The van der Waals surface area contributed by atoms with Crippen LogP contribution in [0.4, 0.5) is 5.13 Å². The van der Waals surface area contributed by atoms with Gasteiger partial charge >= 0.3 is 5.97 Å². The van der Waals surface area contributed by atoms with Crippen molar-refractivity contribution in [1.29, 1.82) is 0 Å². The molecule has 0 radical (unpaired) electrons. The summed E-state index contributed by atoms with van der Waals surface area (Å²) in [7, 11) is 0. The standard InChI is InChI=1S/C22H23BrN2O4S/c1-4-5-8-28-21(27)15-6-7-17-18(11-15)30-22(24-17)25-19(26)12-29-20-14(3)9-13(2)10-16(20)23/h6-7,9-11H,4-5,8,12H2,1-3H3,(H,24,25,26). The zero-order valence-corrected chi connectivity index (χ0v) is 19.5. The number of aromatic nitrogens is 1. The second-order valence-corrected chi connectivity index (χ2v) is 8.81. The van der Waals surface area contributed by atoms with E-state index in [4.69, 9.17) is 9.47 Å². The number of aryl methyl sites for hydroxylation is 2. The van der Waals surface area contributed by atoms with E-state index < -0.39 is 0 Å². The topological polar surface area (TPSA) is 77.5 Å². The molecular formula is C22H23BrN2O4S. The first-order chi connectivity index (χ1) is 14.4. The van der Waals surface area contributed by atoms with E-state index in [0.29, 0.717) is 28.6 Å². The summed E-state index contributed by atoms with van der Waals surface area (Å²) < 4.78 is 12.5. The Balaban J connectivity index is 1.63. The van der Waals surface area contributed by atoms with Crippen molar-refractivity contribution >= 4 is 54.5 Å². The van der Waals surface area contributed by atoms with Crippen molar-refractivity contribution in [3.05, 3.63) is 51.5 Å². The number of carbonyl (C=O) groups excluding carboxylic acids is 2. The zero-order chi connectivity index (χ0) is 21.7. The van der Waals surface area contributed by atoms with E-state index in [2.05, 4.69) is 26.2 Å². The van der Waals surface area contributed by atoms with Crippen LogP contribution in [-0.4, -0.2) is 30.1 Å². The molecule has 0 aliphatic carbocycles. The molecule has 0 fully saturated rings. The quantitative estimate of drug-likeness (QED) is 0.326. The van der Waals surface area contributed by atoms with Crippen LogP contribution in [0.3, 0.4) is 0 Å². The van der Waals surface area contributed by atoms with Gasteiger partial charge in [-0.25, -0.2) is 9.78 Å². The Morgan fingerprint density at radius 3 is 2.73 bits per heavy atom. The largest absolute Gasteiger partial charge is 0.482 e. The number of fused-ring (bicyclic) bond motifs is 1. The van der Waals surface area contributed by atoms with Crippen LogP contribution in [-0.2, 0) is 9.53 Å². The van der Waals surface area contributed by atoms with Gasteiger partial charge in [0, 0.05) is 0 Å². The molecule has 0 atom stereocenters. The van der Waals surface area contributed by atoms with Crippen LogP contribution in [0, 0.1) is 13.8 Å². The number of halogens is 1. The minimum Gasteiger partial charge on any atom is -0.482 e. The van der Waals surface area contributed by atoms with Gasteiger partial charge in [-0.05, 0) is 71.6 Å². The summed E-state index contributed by atoms with van der Waals surface area (Å²) in [6.45, 7) is 6.25. The number of carbonyl (C=O) groups is 2. The molecule has 158 valence electrons. The SMILES string of the molecule is CCCCOC(=O)c1ccc2nc(NC(=O)COc3c(C)cc(C)cc3Br)sc2c1. The third-order valence-corrected chi connectivity index (χ3v) is 5.85. The predicted molar refractivity (Wildman–Crippen MR) is 123 cm³/mol. The highest BCUT2D eigenvalue weighted by Gasteiger charge is 2.14. The van der Waals surface area contributed by atoms with Gasteiger partial charge in [-0.2, -0.15) is 0 Å². The lowest BCUT2D eigenvalue weighted by molar-refractivity contribution is -0.118. The smallest absolute Gasteiger partial charge is 0.338 e. The van der Waals surface area contributed by atoms with Gasteiger partial charge in [0.15, 0.2) is 11.7 Å². The van der Waals surface area contributed by atoms with Crippen molar-refractivity contribution in [2.45, 2.75) is 33.6 Å². The fourth-order valence-electron chi connectivity index (χ4n) is 2.88. The van der Waals surface area contributed by atoms with Crippen molar-refractivity contribution in [2.75, 3.05) is 18.5 Å². The maximum Gasteiger partial charge on any atom is 0.338 e. The number of hydrogen-bond acceptors (Lipinski definition) is 6. The summed E-state index contributed by atoms with van der Waals surface area (Å²) in [5.41, 5.74) is 3.24. The predicted octanol–water partition coefficient (Wildman–Crippen LogP) is 5.65. The Bertz CT molecular complexity index is 1060. The minimum absolute atomic E-state index is 0.132. The number of esters is 1. The van der Waals surface area contributed by atoms with Gasteiger partial charge in [-0.3, -0.25) is 10.1 Å². The van der Waals surface area contributed by atoms with Gasteiger partial charge < -0.3 is 9.47 Å². The second-order valence-electron chi connectivity index (χ2n) is 6.92. The molecule has 1 amide bonds. The Labute approximate surface area is 187 Å². The number of hydrogen-bond donors (Lipinski definition) is 1. The van der Waals surface area contributed by atoms with Crippen LogP contribution in [0.15, 0.2) is 34.8 Å². The van der Waals surface area contributed by atoms with E-state index in [1.807, 2.05) is 32.9 Å².